The minimum Gasteiger partial charge on any atom is -0.460 e. The monoisotopic (exact) mass is 732 g/mol. The Morgan fingerprint density at radius 3 is 1.88 bits per heavy atom. The summed E-state index contributed by atoms with van der Waals surface area (Å²) in [5, 5.41) is 2.40. The molecule has 0 aliphatic heterocycles. The number of alkyl halides is 7. The Morgan fingerprint density at radius 2 is 1.33 bits per heavy atom. The van der Waals surface area contributed by atoms with E-state index in [1.807, 2.05) is 0 Å². The quantitative estimate of drug-likeness (QED) is 0.118. The number of rotatable bonds is 12. The van der Waals surface area contributed by atoms with Crippen LogP contribution in [-0.4, -0.2) is 70.7 Å². The van der Waals surface area contributed by atoms with Gasteiger partial charge in [-0.05, 0) is 42.8 Å². The number of halogens is 7. The second-order valence-electron chi connectivity index (χ2n) is 9.99. The number of esters is 1. The summed E-state index contributed by atoms with van der Waals surface area (Å²) in [4.78, 5) is 41.2. The van der Waals surface area contributed by atoms with Gasteiger partial charge in [-0.25, -0.2) is 24.7 Å². The standard InChI is InChI=1S/C33H23F7N6O6/c34-30(35)51-26-7-5-23(11-21(26)4-2-20-15-44-32(41)45-16-20)28(47)46-25(9-10-50-33(38,39)40)17-49-29(48)24-6-8-27(52-31(36)37)22(12-24)3-1-19-13-42-18-43-14-19/h5-8,11-16,18,25,30-31H,9-10,17H2,(H,46,47)(H2,41,44,45)/t25-/m0/s1. The number of hydrogen-bond donors (Lipinski definition) is 2. The molecule has 1 atom stereocenters. The van der Waals surface area contributed by atoms with Crippen molar-refractivity contribution in [3.05, 3.63) is 101 Å². The van der Waals surface area contributed by atoms with E-state index in [-0.39, 0.29) is 39.5 Å². The lowest BCUT2D eigenvalue weighted by atomic mass is 10.1. The fourth-order valence-electron chi connectivity index (χ4n) is 4.01. The molecule has 52 heavy (non-hydrogen) atoms. The Bertz CT molecular complexity index is 1980. The molecule has 0 radical (unpaired) electrons. The maximum absolute atomic E-state index is 13.2. The van der Waals surface area contributed by atoms with Crippen LogP contribution in [0.4, 0.5) is 36.7 Å². The summed E-state index contributed by atoms with van der Waals surface area (Å²) in [6, 6.07) is 5.11. The second kappa shape index (κ2) is 18.0. The van der Waals surface area contributed by atoms with Crippen LogP contribution in [0.3, 0.4) is 0 Å². The minimum absolute atomic E-state index is 0.0435. The van der Waals surface area contributed by atoms with Crippen LogP contribution in [0.2, 0.25) is 0 Å². The Morgan fingerprint density at radius 1 is 0.788 bits per heavy atom. The summed E-state index contributed by atoms with van der Waals surface area (Å²) in [5.41, 5.74) is 5.26. The van der Waals surface area contributed by atoms with Crippen LogP contribution in [0.1, 0.15) is 49.4 Å². The van der Waals surface area contributed by atoms with Crippen molar-refractivity contribution >= 4 is 17.8 Å². The van der Waals surface area contributed by atoms with E-state index in [0.29, 0.717) is 5.56 Å². The molecular formula is C33H23F7N6O6. The number of hydrogen-bond acceptors (Lipinski definition) is 11. The molecule has 12 nitrogen and oxygen atoms in total. The molecule has 2 aromatic carbocycles. The third-order valence-electron chi connectivity index (χ3n) is 6.29. The average molecular weight is 733 g/mol. The third-order valence-corrected chi connectivity index (χ3v) is 6.29. The number of nitrogens with zero attached hydrogens (tertiary/aromatic N) is 4. The zero-order valence-electron chi connectivity index (χ0n) is 26.2. The first-order valence-electron chi connectivity index (χ1n) is 14.5. The van der Waals surface area contributed by atoms with Gasteiger partial charge in [0.2, 0.25) is 5.95 Å². The maximum atomic E-state index is 13.2. The zero-order chi connectivity index (χ0) is 37.7. The number of benzene rings is 2. The van der Waals surface area contributed by atoms with Crippen molar-refractivity contribution in [3.63, 3.8) is 0 Å². The normalized spacial score (nSPS) is 11.5. The lowest BCUT2D eigenvalue weighted by molar-refractivity contribution is -0.325. The SMILES string of the molecule is Nc1ncc(C#Cc2cc(C(=O)N[C@@H](CCOC(F)(F)F)COC(=O)c3ccc(OC(F)F)c(C#Cc4cncnc4)c3)ccc2OC(F)F)cn1. The van der Waals surface area contributed by atoms with Gasteiger partial charge in [-0.2, -0.15) is 17.6 Å². The fraction of sp³-hybridized carbons (Fsp3) is 0.212. The van der Waals surface area contributed by atoms with Crippen LogP contribution in [0.15, 0.2) is 67.5 Å². The molecule has 0 unspecified atom stereocenters. The Balaban J connectivity index is 1.54. The molecule has 0 spiro atoms. The molecule has 2 heterocycles. The number of nitrogens with two attached hydrogens (primary N) is 1. The summed E-state index contributed by atoms with van der Waals surface area (Å²) >= 11 is 0. The van der Waals surface area contributed by atoms with E-state index in [1.54, 1.807) is 0 Å². The van der Waals surface area contributed by atoms with Gasteiger partial charge in [0.15, 0.2) is 0 Å². The van der Waals surface area contributed by atoms with Gasteiger partial charge in [0.05, 0.1) is 40.5 Å². The summed E-state index contributed by atoms with van der Waals surface area (Å²) in [6.45, 7) is -8.13. The molecule has 270 valence electrons. The molecule has 4 aromatic rings. The van der Waals surface area contributed by atoms with E-state index in [1.165, 1.54) is 31.1 Å². The summed E-state index contributed by atoms with van der Waals surface area (Å²) in [6.07, 6.45) is 0.917. The highest BCUT2D eigenvalue weighted by Crippen LogP contribution is 2.24. The molecule has 3 N–H and O–H groups in total. The maximum Gasteiger partial charge on any atom is 0.522 e. The topological polar surface area (TPSA) is 161 Å². The largest absolute Gasteiger partial charge is 0.522 e. The molecule has 2 aromatic heterocycles. The molecule has 0 fully saturated rings. The van der Waals surface area contributed by atoms with Gasteiger partial charge in [0.25, 0.3) is 5.91 Å². The summed E-state index contributed by atoms with van der Waals surface area (Å²) < 4.78 is 108. The van der Waals surface area contributed by atoms with Gasteiger partial charge in [0.1, 0.15) is 24.4 Å². The zero-order valence-corrected chi connectivity index (χ0v) is 26.2. The molecule has 4 rings (SSSR count). The lowest BCUT2D eigenvalue weighted by Gasteiger charge is -2.20. The van der Waals surface area contributed by atoms with Crippen molar-refractivity contribution in [1.82, 2.24) is 25.3 Å². The Kier molecular flexibility index (Phi) is 13.2. The first-order chi connectivity index (χ1) is 24.8. The predicted octanol–water partition coefficient (Wildman–Crippen LogP) is 4.73. The van der Waals surface area contributed by atoms with Crippen LogP contribution < -0.4 is 20.5 Å². The van der Waals surface area contributed by atoms with Crippen molar-refractivity contribution in [2.45, 2.75) is 32.0 Å². The van der Waals surface area contributed by atoms with E-state index in [2.05, 4.69) is 63.1 Å². The fourth-order valence-corrected chi connectivity index (χ4v) is 4.01. The number of amides is 1. The van der Waals surface area contributed by atoms with E-state index < -0.39 is 62.9 Å². The van der Waals surface area contributed by atoms with Crippen molar-refractivity contribution in [3.8, 4) is 35.2 Å². The van der Waals surface area contributed by atoms with Crippen molar-refractivity contribution in [1.29, 1.82) is 0 Å². The van der Waals surface area contributed by atoms with E-state index in [4.69, 9.17) is 10.5 Å². The average Bonchev–Trinajstić information content (AvgIpc) is 3.09. The second-order valence-corrected chi connectivity index (χ2v) is 9.99. The van der Waals surface area contributed by atoms with Gasteiger partial charge in [-0.1, -0.05) is 23.7 Å². The highest BCUT2D eigenvalue weighted by molar-refractivity contribution is 5.95. The molecule has 0 saturated carbocycles. The highest BCUT2D eigenvalue weighted by atomic mass is 19.4. The Hall–Kier alpha value is -6.47. The van der Waals surface area contributed by atoms with Gasteiger partial charge in [-0.15, -0.1) is 13.2 Å². The third kappa shape index (κ3) is 12.4. The van der Waals surface area contributed by atoms with Gasteiger partial charge in [-0.3, -0.25) is 9.53 Å². The number of nitrogen functional groups attached to an aromatic ring is 1. The number of nitrogens with one attached hydrogen (secondary N) is 1. The van der Waals surface area contributed by atoms with Crippen molar-refractivity contribution < 1.29 is 59.3 Å². The smallest absolute Gasteiger partial charge is 0.460 e. The van der Waals surface area contributed by atoms with Crippen LogP contribution in [0.5, 0.6) is 11.5 Å². The van der Waals surface area contributed by atoms with Gasteiger partial charge >= 0.3 is 25.6 Å². The first kappa shape index (κ1) is 38.3. The highest BCUT2D eigenvalue weighted by Gasteiger charge is 2.29. The first-order valence-corrected chi connectivity index (χ1v) is 14.5. The molecule has 0 aliphatic carbocycles. The molecule has 19 heteroatoms. The molecule has 0 aliphatic rings. The number of ether oxygens (including phenoxy) is 4. The number of anilines is 1. The molecule has 0 saturated heterocycles. The van der Waals surface area contributed by atoms with Crippen LogP contribution in [0, 0.1) is 23.7 Å². The predicted molar refractivity (Wildman–Crippen MR) is 165 cm³/mol. The van der Waals surface area contributed by atoms with Crippen molar-refractivity contribution in [2.75, 3.05) is 18.9 Å². The summed E-state index contributed by atoms with van der Waals surface area (Å²) in [7, 11) is 0. The minimum atomic E-state index is -5.01. The van der Waals surface area contributed by atoms with E-state index >= 15 is 0 Å². The van der Waals surface area contributed by atoms with Gasteiger partial charge < -0.3 is 25.3 Å². The van der Waals surface area contributed by atoms with Crippen molar-refractivity contribution in [2.24, 2.45) is 0 Å². The van der Waals surface area contributed by atoms with Gasteiger partial charge in [0, 0.05) is 30.4 Å². The molecular weight excluding hydrogens is 709 g/mol. The number of aromatic nitrogens is 4. The number of carbonyl (C=O) groups excluding carboxylic acids is 2. The number of carbonyl (C=O) groups is 2. The molecule has 1 amide bonds. The summed E-state index contributed by atoms with van der Waals surface area (Å²) in [5.74, 6) is 7.56. The molecule has 0 bridgehead atoms. The lowest BCUT2D eigenvalue weighted by Crippen LogP contribution is -2.40. The Labute approximate surface area is 289 Å². The van der Waals surface area contributed by atoms with E-state index in [0.717, 1.165) is 36.4 Å². The van der Waals surface area contributed by atoms with Crippen LogP contribution in [-0.2, 0) is 9.47 Å². The van der Waals surface area contributed by atoms with E-state index in [9.17, 15) is 40.3 Å². The van der Waals surface area contributed by atoms with Crippen LogP contribution in [0.25, 0.3) is 0 Å². The van der Waals surface area contributed by atoms with Crippen LogP contribution >= 0.6 is 0 Å².